The van der Waals surface area contributed by atoms with Gasteiger partial charge < -0.3 is 0 Å². The van der Waals surface area contributed by atoms with Gasteiger partial charge in [-0.05, 0) is 67.6 Å². The molecular formula is C11H16. The first-order chi connectivity index (χ1) is 5.40. The maximum Gasteiger partial charge on any atom is -0.0233 e. The fraction of sp³-hybridized carbons (Fsp3) is 1.00. The smallest absolute Gasteiger partial charge is 0.0233 e. The summed E-state index contributed by atoms with van der Waals surface area (Å²) in [4.78, 5) is 0. The average Bonchev–Trinajstić information content (AvgIpc) is 2.69. The van der Waals surface area contributed by atoms with Crippen molar-refractivity contribution >= 4 is 0 Å². The topological polar surface area (TPSA) is 0 Å². The fourth-order valence-corrected chi connectivity index (χ4v) is 4.69. The molecule has 0 aromatic rings. The van der Waals surface area contributed by atoms with E-state index in [0.29, 0.717) is 0 Å². The van der Waals surface area contributed by atoms with Gasteiger partial charge in [0.05, 0.1) is 0 Å². The molecule has 0 aromatic carbocycles. The largest absolute Gasteiger partial charge is 0.0499 e. The summed E-state index contributed by atoms with van der Waals surface area (Å²) in [6.45, 7) is 0. The zero-order valence-electron chi connectivity index (χ0n) is 7.05. The van der Waals surface area contributed by atoms with Crippen LogP contribution in [0.15, 0.2) is 0 Å². The maximum absolute atomic E-state index is 1.65. The van der Waals surface area contributed by atoms with E-state index in [1.54, 1.807) is 38.5 Å². The summed E-state index contributed by atoms with van der Waals surface area (Å²) in [5.41, 5.74) is 0.978. The minimum atomic E-state index is 0.978. The van der Waals surface area contributed by atoms with E-state index in [0.717, 1.165) is 5.41 Å². The van der Waals surface area contributed by atoms with Crippen LogP contribution in [0.25, 0.3) is 0 Å². The van der Waals surface area contributed by atoms with Gasteiger partial charge in [-0.25, -0.2) is 0 Å². The van der Waals surface area contributed by atoms with Crippen LogP contribution in [-0.2, 0) is 0 Å². The Bertz CT molecular complexity index is 216. The Morgan fingerprint density at radius 2 is 1.82 bits per heavy atom. The molecule has 5 saturated carbocycles. The molecule has 5 fully saturated rings. The van der Waals surface area contributed by atoms with Gasteiger partial charge in [-0.2, -0.15) is 0 Å². The average molecular weight is 148 g/mol. The third-order valence-electron chi connectivity index (χ3n) is 5.36. The molecule has 0 aromatic heterocycles. The molecule has 5 aliphatic carbocycles. The molecule has 4 unspecified atom stereocenters. The fourth-order valence-electron chi connectivity index (χ4n) is 4.69. The van der Waals surface area contributed by atoms with E-state index in [-0.39, 0.29) is 0 Å². The Labute approximate surface area is 68.4 Å². The molecule has 5 aliphatic rings. The van der Waals surface area contributed by atoms with Crippen LogP contribution >= 0.6 is 0 Å². The molecule has 0 heteroatoms. The first kappa shape index (κ1) is 5.61. The lowest BCUT2D eigenvalue weighted by molar-refractivity contribution is -0.0978. The highest BCUT2D eigenvalue weighted by molar-refractivity contribution is 5.19. The highest BCUT2D eigenvalue weighted by Crippen LogP contribution is 2.78. The summed E-state index contributed by atoms with van der Waals surface area (Å²) in [6.07, 6.45) is 9.70. The highest BCUT2D eigenvalue weighted by Gasteiger charge is 2.70. The van der Waals surface area contributed by atoms with Crippen LogP contribution in [0.1, 0.15) is 38.5 Å². The van der Waals surface area contributed by atoms with Crippen molar-refractivity contribution in [2.24, 2.45) is 29.1 Å². The van der Waals surface area contributed by atoms with Gasteiger partial charge in [-0.1, -0.05) is 0 Å². The number of hydrogen-bond acceptors (Lipinski definition) is 0. The lowest BCUT2D eigenvalue weighted by Gasteiger charge is -2.59. The van der Waals surface area contributed by atoms with E-state index in [2.05, 4.69) is 0 Å². The van der Waals surface area contributed by atoms with Crippen molar-refractivity contribution < 1.29 is 0 Å². The van der Waals surface area contributed by atoms with Gasteiger partial charge in [0.2, 0.25) is 0 Å². The Kier molecular flexibility index (Phi) is 0.717. The minimum absolute atomic E-state index is 0.978. The Hall–Kier alpha value is 0. The van der Waals surface area contributed by atoms with Gasteiger partial charge in [-0.15, -0.1) is 0 Å². The van der Waals surface area contributed by atoms with Crippen molar-refractivity contribution in [3.05, 3.63) is 0 Å². The summed E-state index contributed by atoms with van der Waals surface area (Å²) in [5.74, 6) is 4.90. The summed E-state index contributed by atoms with van der Waals surface area (Å²) in [7, 11) is 0. The van der Waals surface area contributed by atoms with Crippen LogP contribution in [-0.4, -0.2) is 0 Å². The molecule has 0 radical (unpaired) electrons. The van der Waals surface area contributed by atoms with Crippen molar-refractivity contribution in [3.8, 4) is 0 Å². The number of rotatable bonds is 1. The Morgan fingerprint density at radius 3 is 2.27 bits per heavy atom. The predicted octanol–water partition coefficient (Wildman–Crippen LogP) is 2.83. The molecule has 1 spiro atoms. The normalized spacial score (nSPS) is 64.9. The summed E-state index contributed by atoms with van der Waals surface area (Å²) in [5, 5.41) is 0. The van der Waals surface area contributed by atoms with Crippen molar-refractivity contribution in [2.45, 2.75) is 38.5 Å². The molecule has 4 atom stereocenters. The summed E-state index contributed by atoms with van der Waals surface area (Å²) in [6, 6.07) is 0. The number of fused-ring (bicyclic) bond motifs is 1. The van der Waals surface area contributed by atoms with Crippen molar-refractivity contribution in [1.82, 2.24) is 0 Å². The molecule has 0 saturated heterocycles. The van der Waals surface area contributed by atoms with Crippen molar-refractivity contribution in [2.75, 3.05) is 0 Å². The van der Waals surface area contributed by atoms with Crippen molar-refractivity contribution in [1.29, 1.82) is 0 Å². The van der Waals surface area contributed by atoms with Gasteiger partial charge in [0, 0.05) is 0 Å². The minimum Gasteiger partial charge on any atom is -0.0499 e. The lowest BCUT2D eigenvalue weighted by atomic mass is 9.46. The first-order valence-electron chi connectivity index (χ1n) is 5.40. The van der Waals surface area contributed by atoms with E-state index >= 15 is 0 Å². The standard InChI is InChI=1S/C11H16/c1-2-7(1)10-5-8-6-11(10)4-3-9(8)11/h7-10H,1-6H2. The Morgan fingerprint density at radius 1 is 0.909 bits per heavy atom. The van der Waals surface area contributed by atoms with E-state index < -0.39 is 0 Å². The molecule has 0 amide bonds. The first-order valence-corrected chi connectivity index (χ1v) is 5.40. The second-order valence-corrected chi connectivity index (χ2v) is 5.52. The molecule has 0 heterocycles. The second-order valence-electron chi connectivity index (χ2n) is 5.52. The molecule has 0 nitrogen and oxygen atoms in total. The third-order valence-corrected chi connectivity index (χ3v) is 5.36. The van der Waals surface area contributed by atoms with Crippen LogP contribution in [0, 0.1) is 29.1 Å². The van der Waals surface area contributed by atoms with Gasteiger partial charge >= 0.3 is 0 Å². The molecular weight excluding hydrogens is 132 g/mol. The quantitative estimate of drug-likeness (QED) is 0.536. The maximum atomic E-state index is 1.65. The molecule has 11 heavy (non-hydrogen) atoms. The zero-order chi connectivity index (χ0) is 7.05. The van der Waals surface area contributed by atoms with Crippen LogP contribution in [0.2, 0.25) is 0 Å². The SMILES string of the molecule is C1CC1C1CC2CC13CCC23. The summed E-state index contributed by atoms with van der Waals surface area (Å²) < 4.78 is 0. The molecule has 60 valence electrons. The highest BCUT2D eigenvalue weighted by atomic mass is 14.7. The zero-order valence-corrected chi connectivity index (χ0v) is 7.05. The third kappa shape index (κ3) is 0.443. The van der Waals surface area contributed by atoms with E-state index in [4.69, 9.17) is 0 Å². The van der Waals surface area contributed by atoms with Gasteiger partial charge in [0.1, 0.15) is 0 Å². The molecule has 0 aliphatic heterocycles. The van der Waals surface area contributed by atoms with Crippen LogP contribution in [0.4, 0.5) is 0 Å². The number of hydrogen-bond donors (Lipinski definition) is 0. The van der Waals surface area contributed by atoms with Gasteiger partial charge in [0.25, 0.3) is 0 Å². The summed E-state index contributed by atoms with van der Waals surface area (Å²) >= 11 is 0. The molecule has 5 rings (SSSR count). The van der Waals surface area contributed by atoms with Crippen LogP contribution in [0.3, 0.4) is 0 Å². The van der Waals surface area contributed by atoms with Gasteiger partial charge in [-0.3, -0.25) is 0 Å². The van der Waals surface area contributed by atoms with Crippen LogP contribution < -0.4 is 0 Å². The molecule has 2 bridgehead atoms. The Balaban J connectivity index is 1.72. The van der Waals surface area contributed by atoms with Crippen LogP contribution in [0.5, 0.6) is 0 Å². The van der Waals surface area contributed by atoms with E-state index in [1.165, 1.54) is 23.7 Å². The monoisotopic (exact) mass is 148 g/mol. The van der Waals surface area contributed by atoms with Gasteiger partial charge in [0.15, 0.2) is 0 Å². The van der Waals surface area contributed by atoms with Crippen molar-refractivity contribution in [3.63, 3.8) is 0 Å². The van der Waals surface area contributed by atoms with E-state index in [9.17, 15) is 0 Å². The second kappa shape index (κ2) is 1.41. The molecule has 0 N–H and O–H groups in total. The van der Waals surface area contributed by atoms with E-state index in [1.807, 2.05) is 0 Å². The lowest BCUT2D eigenvalue weighted by Crippen LogP contribution is -2.51. The predicted molar refractivity (Wildman–Crippen MR) is 44.1 cm³/mol.